The number of nitrogens with one attached hydrogen (secondary N) is 2. The zero-order chi connectivity index (χ0) is 34.4. The first-order valence-corrected chi connectivity index (χ1v) is 17.9. The molecule has 2 aromatic carbocycles. The van der Waals surface area contributed by atoms with Crippen molar-refractivity contribution in [2.75, 3.05) is 40.0 Å². The van der Waals surface area contributed by atoms with Crippen molar-refractivity contribution in [2.45, 2.75) is 38.4 Å². The number of benzene rings is 2. The molecule has 2 N–H and O–H groups in total. The second-order valence-electron chi connectivity index (χ2n) is 13.9. The van der Waals surface area contributed by atoms with Crippen LogP contribution in [0.5, 0.6) is 5.75 Å². The molecule has 3 fully saturated rings. The quantitative estimate of drug-likeness (QED) is 0.172. The third kappa shape index (κ3) is 6.26. The van der Waals surface area contributed by atoms with Gasteiger partial charge in [-0.2, -0.15) is 0 Å². The first-order valence-electron chi connectivity index (χ1n) is 17.2. The molecule has 0 aliphatic carbocycles. The fraction of sp³-hybridized carbons (Fsp3) is 0.359. The maximum absolute atomic E-state index is 11.8. The van der Waals surface area contributed by atoms with Crippen molar-refractivity contribution in [1.82, 2.24) is 30.1 Å². The maximum atomic E-state index is 11.8. The summed E-state index contributed by atoms with van der Waals surface area (Å²) < 4.78 is 13.4. The molecule has 0 unspecified atom stereocenters. The van der Waals surface area contributed by atoms with Crippen molar-refractivity contribution in [2.24, 2.45) is 12.5 Å². The van der Waals surface area contributed by atoms with E-state index in [1.54, 1.807) is 13.3 Å². The molecule has 11 heteroatoms. The van der Waals surface area contributed by atoms with Crippen molar-refractivity contribution in [3.8, 4) is 39.4 Å². The first kappa shape index (κ1) is 33.2. The first-order chi connectivity index (χ1) is 24.3. The van der Waals surface area contributed by atoms with E-state index in [1.165, 1.54) is 5.56 Å². The van der Waals surface area contributed by atoms with Gasteiger partial charge in [-0.1, -0.05) is 53.5 Å². The van der Waals surface area contributed by atoms with E-state index in [9.17, 15) is 4.79 Å². The van der Waals surface area contributed by atoms with Crippen LogP contribution in [0, 0.1) is 5.41 Å². The molecule has 1 amide bonds. The molecule has 0 saturated carbocycles. The molecule has 50 heavy (non-hydrogen) atoms. The number of ether oxygens (including phenoxy) is 2. The molecule has 3 aliphatic rings. The van der Waals surface area contributed by atoms with Crippen molar-refractivity contribution >= 4 is 40.1 Å². The summed E-state index contributed by atoms with van der Waals surface area (Å²) >= 11 is 14.3. The minimum atomic E-state index is 0.0801. The van der Waals surface area contributed by atoms with E-state index in [0.29, 0.717) is 28.2 Å². The lowest BCUT2D eigenvalue weighted by atomic mass is 9.79. The molecule has 0 radical (unpaired) electrons. The number of carbonyl (C=O) groups is 1. The minimum absolute atomic E-state index is 0.0801. The van der Waals surface area contributed by atoms with E-state index in [4.69, 9.17) is 37.7 Å². The zero-order valence-electron chi connectivity index (χ0n) is 28.3. The van der Waals surface area contributed by atoms with E-state index < -0.39 is 0 Å². The zero-order valence-corrected chi connectivity index (χ0v) is 29.8. The number of pyridine rings is 2. The van der Waals surface area contributed by atoms with Crippen LogP contribution in [0.2, 0.25) is 10.0 Å². The Bertz CT molecular complexity index is 2090. The van der Waals surface area contributed by atoms with E-state index in [-0.39, 0.29) is 11.3 Å². The van der Waals surface area contributed by atoms with Gasteiger partial charge in [-0.05, 0) is 42.7 Å². The molecular formula is C39H40Cl2N6O3. The predicted molar refractivity (Wildman–Crippen MR) is 197 cm³/mol. The van der Waals surface area contributed by atoms with E-state index in [1.807, 2.05) is 49.5 Å². The van der Waals surface area contributed by atoms with Crippen molar-refractivity contribution in [1.29, 1.82) is 0 Å². The fourth-order valence-corrected chi connectivity index (χ4v) is 8.47. The normalized spacial score (nSPS) is 17.7. The molecule has 3 aromatic heterocycles. The third-order valence-corrected chi connectivity index (χ3v) is 11.2. The van der Waals surface area contributed by atoms with Crippen LogP contribution in [0.15, 0.2) is 67.0 Å². The molecule has 6 heterocycles. The predicted octanol–water partition coefficient (Wildman–Crippen LogP) is 6.88. The van der Waals surface area contributed by atoms with Crippen LogP contribution >= 0.6 is 23.2 Å². The van der Waals surface area contributed by atoms with Crippen LogP contribution in [0.1, 0.15) is 30.4 Å². The van der Waals surface area contributed by atoms with Crippen LogP contribution in [-0.2, 0) is 29.7 Å². The molecule has 1 spiro atoms. The Hall–Kier alpha value is -3.99. The Morgan fingerprint density at radius 2 is 1.82 bits per heavy atom. The molecule has 258 valence electrons. The highest BCUT2D eigenvalue weighted by molar-refractivity contribution is 6.39. The van der Waals surface area contributed by atoms with Crippen LogP contribution in [0.4, 0.5) is 0 Å². The smallest absolute Gasteiger partial charge is 0.220 e. The molecule has 0 bridgehead atoms. The molecule has 3 saturated heterocycles. The van der Waals surface area contributed by atoms with Gasteiger partial charge < -0.3 is 24.7 Å². The Morgan fingerprint density at radius 3 is 2.60 bits per heavy atom. The molecule has 3 aliphatic heterocycles. The summed E-state index contributed by atoms with van der Waals surface area (Å²) in [5, 5.41) is 8.89. The standard InChI is InChI=1S/C39H40Cl2N6O3/c1-46-19-26(18-43-27-11-14-50-15-12-27)28-8-9-32(45-38(28)46)31-5-3-4-29(35(31)40)30-10-13-42-37(36(30)41)24-6-7-25(33(16-24)49-2)20-47-22-39(23-47)17-34(48)44-21-39/h3-10,13,16,19,27,43H,11-12,14-15,17-18,20-23H2,1-2H3,(H,44,48). The van der Waals surface area contributed by atoms with Crippen molar-refractivity contribution < 1.29 is 14.3 Å². The highest BCUT2D eigenvalue weighted by atomic mass is 35.5. The van der Waals surface area contributed by atoms with E-state index >= 15 is 0 Å². The summed E-state index contributed by atoms with van der Waals surface area (Å²) in [5.41, 5.74) is 8.03. The number of hydrogen-bond acceptors (Lipinski definition) is 7. The number of methoxy groups -OCH3 is 1. The van der Waals surface area contributed by atoms with E-state index in [2.05, 4.69) is 43.4 Å². The van der Waals surface area contributed by atoms with Gasteiger partial charge >= 0.3 is 0 Å². The number of fused-ring (bicyclic) bond motifs is 1. The van der Waals surface area contributed by atoms with Crippen LogP contribution in [0.25, 0.3) is 44.7 Å². The summed E-state index contributed by atoms with van der Waals surface area (Å²) in [6.45, 7) is 5.73. The highest BCUT2D eigenvalue weighted by Crippen LogP contribution is 2.43. The van der Waals surface area contributed by atoms with Gasteiger partial charge in [-0.3, -0.25) is 14.7 Å². The average Bonchev–Trinajstić information content (AvgIpc) is 3.67. The Morgan fingerprint density at radius 1 is 1.02 bits per heavy atom. The summed E-state index contributed by atoms with van der Waals surface area (Å²) in [6, 6.07) is 18.6. The summed E-state index contributed by atoms with van der Waals surface area (Å²) in [7, 11) is 3.72. The number of carbonyl (C=O) groups excluding carboxylic acids is 1. The summed E-state index contributed by atoms with van der Waals surface area (Å²) in [6.07, 6.45) is 6.61. The molecule has 5 aromatic rings. The molecular weight excluding hydrogens is 671 g/mol. The average molecular weight is 712 g/mol. The van der Waals surface area contributed by atoms with Crippen LogP contribution < -0.4 is 15.4 Å². The van der Waals surface area contributed by atoms with Gasteiger partial charge in [0.2, 0.25) is 5.91 Å². The number of rotatable bonds is 9. The topological polar surface area (TPSA) is 93.5 Å². The second-order valence-corrected chi connectivity index (χ2v) is 14.7. The largest absolute Gasteiger partial charge is 0.496 e. The second kappa shape index (κ2) is 13.6. The summed E-state index contributed by atoms with van der Waals surface area (Å²) in [5.74, 6) is 0.928. The lowest BCUT2D eigenvalue weighted by Crippen LogP contribution is -2.56. The molecule has 9 nitrogen and oxygen atoms in total. The lowest BCUT2D eigenvalue weighted by Gasteiger charge is -2.47. The number of hydrogen-bond donors (Lipinski definition) is 2. The summed E-state index contributed by atoms with van der Waals surface area (Å²) in [4.78, 5) is 23.9. The number of aromatic nitrogens is 3. The number of amides is 1. The Kier molecular flexibility index (Phi) is 9.03. The van der Waals surface area contributed by atoms with Gasteiger partial charge in [-0.25, -0.2) is 4.98 Å². The minimum Gasteiger partial charge on any atom is -0.496 e. The SMILES string of the molecule is COc1cc(-c2nccc(-c3cccc(-c4ccc5c(CNC6CCOCC6)cn(C)c5n4)c3Cl)c2Cl)ccc1CN1CC2(CNC(=O)C2)C1. The van der Waals surface area contributed by atoms with Gasteiger partial charge in [0.15, 0.2) is 0 Å². The number of nitrogens with zero attached hydrogens (tertiary/aromatic N) is 4. The molecule has 8 rings (SSSR count). The van der Waals surface area contributed by atoms with Crippen LogP contribution in [0.3, 0.4) is 0 Å². The fourth-order valence-electron chi connectivity index (χ4n) is 7.82. The number of aryl methyl sites for hydroxylation is 1. The van der Waals surface area contributed by atoms with Crippen molar-refractivity contribution in [3.05, 3.63) is 88.2 Å². The van der Waals surface area contributed by atoms with Gasteiger partial charge in [0, 0.05) is 116 Å². The monoisotopic (exact) mass is 710 g/mol. The third-order valence-electron chi connectivity index (χ3n) is 10.4. The van der Waals surface area contributed by atoms with E-state index in [0.717, 1.165) is 109 Å². The van der Waals surface area contributed by atoms with Gasteiger partial charge in [-0.15, -0.1) is 0 Å². The number of likely N-dealkylation sites (tertiary alicyclic amines) is 1. The number of halogens is 2. The Labute approximate surface area is 301 Å². The maximum Gasteiger partial charge on any atom is 0.220 e. The van der Waals surface area contributed by atoms with Crippen molar-refractivity contribution in [3.63, 3.8) is 0 Å². The van der Waals surface area contributed by atoms with Gasteiger partial charge in [0.1, 0.15) is 11.4 Å². The highest BCUT2D eigenvalue weighted by Gasteiger charge is 2.47. The Balaban J connectivity index is 1.04. The molecule has 0 atom stereocenters. The van der Waals surface area contributed by atoms with Gasteiger partial charge in [0.05, 0.1) is 28.5 Å². The lowest BCUT2D eigenvalue weighted by molar-refractivity contribution is -0.120. The van der Waals surface area contributed by atoms with Gasteiger partial charge in [0.25, 0.3) is 0 Å². The van der Waals surface area contributed by atoms with Crippen LogP contribution in [-0.4, -0.2) is 71.3 Å².